The molecule has 0 unspecified atom stereocenters. The molecule has 0 aliphatic rings. The molecule has 0 fully saturated rings. The molecule has 0 aliphatic carbocycles. The van der Waals surface area contributed by atoms with Gasteiger partial charge in [0.15, 0.2) is 11.0 Å². The van der Waals surface area contributed by atoms with Crippen LogP contribution < -0.4 is 10.6 Å². The Bertz CT molecular complexity index is 1030. The molecule has 2 N–H and O–H groups in total. The number of benzene rings is 2. The highest BCUT2D eigenvalue weighted by molar-refractivity contribution is 7.99. The Morgan fingerprint density at radius 2 is 1.80 bits per heavy atom. The molecule has 0 radical (unpaired) electrons. The van der Waals surface area contributed by atoms with E-state index in [1.807, 2.05) is 48.7 Å². The maximum atomic E-state index is 12.5. The van der Waals surface area contributed by atoms with E-state index in [0.29, 0.717) is 28.1 Å². The zero-order valence-corrected chi connectivity index (χ0v) is 18.2. The number of anilines is 1. The number of carbonyl (C=O) groups excluding carboxylic acids is 2. The minimum atomic E-state index is -0.381. The van der Waals surface area contributed by atoms with Gasteiger partial charge in [0, 0.05) is 12.2 Å². The molecule has 2 aromatic carbocycles. The van der Waals surface area contributed by atoms with Crippen molar-refractivity contribution in [2.45, 2.75) is 31.6 Å². The number of para-hydroxylation sites is 1. The lowest BCUT2D eigenvalue weighted by atomic mass is 10.2. The Morgan fingerprint density at radius 1 is 1.10 bits per heavy atom. The molecule has 9 heteroatoms. The van der Waals surface area contributed by atoms with Gasteiger partial charge in [-0.3, -0.25) is 9.59 Å². The minimum absolute atomic E-state index is 0.126. The Kier molecular flexibility index (Phi) is 7.48. The van der Waals surface area contributed by atoms with E-state index in [1.165, 1.54) is 11.8 Å². The lowest BCUT2D eigenvalue weighted by molar-refractivity contribution is -0.113. The molecule has 3 rings (SSSR count). The van der Waals surface area contributed by atoms with Crippen LogP contribution in [-0.4, -0.2) is 32.3 Å². The Labute approximate surface area is 184 Å². The molecule has 1 heterocycles. The molecule has 7 nitrogen and oxygen atoms in total. The highest BCUT2D eigenvalue weighted by Gasteiger charge is 2.21. The number of halogens is 1. The van der Waals surface area contributed by atoms with Crippen molar-refractivity contribution in [3.8, 4) is 0 Å². The second-order valence-electron chi connectivity index (χ2n) is 6.46. The Balaban J connectivity index is 1.64. The zero-order chi connectivity index (χ0) is 21.5. The van der Waals surface area contributed by atoms with E-state index in [-0.39, 0.29) is 23.6 Å². The van der Waals surface area contributed by atoms with Crippen LogP contribution in [0, 0.1) is 0 Å². The van der Waals surface area contributed by atoms with E-state index >= 15 is 0 Å². The molecule has 0 saturated heterocycles. The van der Waals surface area contributed by atoms with Crippen molar-refractivity contribution in [2.75, 3.05) is 11.1 Å². The second kappa shape index (κ2) is 10.3. The van der Waals surface area contributed by atoms with Gasteiger partial charge in [-0.2, -0.15) is 0 Å². The predicted molar refractivity (Wildman–Crippen MR) is 119 cm³/mol. The fourth-order valence-corrected chi connectivity index (χ4v) is 3.89. The third-order valence-corrected chi connectivity index (χ3v) is 5.60. The van der Waals surface area contributed by atoms with Gasteiger partial charge in [0.25, 0.3) is 5.91 Å². The summed E-state index contributed by atoms with van der Waals surface area (Å²) in [6, 6.07) is 15.8. The quantitative estimate of drug-likeness (QED) is 0.510. The Hall–Kier alpha value is -2.84. The molecule has 0 saturated carbocycles. The minimum Gasteiger partial charge on any atom is -0.342 e. The summed E-state index contributed by atoms with van der Waals surface area (Å²) in [4.78, 5) is 24.7. The summed E-state index contributed by atoms with van der Waals surface area (Å²) < 4.78 is 1.89. The summed E-state index contributed by atoms with van der Waals surface area (Å²) in [5.74, 6) is 0.408. The normalized spacial score (nSPS) is 11.7. The first-order valence-electron chi connectivity index (χ1n) is 9.45. The highest BCUT2D eigenvalue weighted by atomic mass is 35.5. The largest absolute Gasteiger partial charge is 0.342 e. The summed E-state index contributed by atoms with van der Waals surface area (Å²) in [7, 11) is 0. The third-order valence-electron chi connectivity index (χ3n) is 4.30. The van der Waals surface area contributed by atoms with Gasteiger partial charge in [0.05, 0.1) is 22.4 Å². The molecule has 3 aromatic rings. The summed E-state index contributed by atoms with van der Waals surface area (Å²) in [5, 5.41) is 15.2. The Morgan fingerprint density at radius 3 is 2.50 bits per heavy atom. The summed E-state index contributed by atoms with van der Waals surface area (Å²) in [6.45, 7) is 4.41. The monoisotopic (exact) mass is 443 g/mol. The van der Waals surface area contributed by atoms with E-state index < -0.39 is 0 Å². The first kappa shape index (κ1) is 21.9. The molecule has 0 spiro atoms. The lowest BCUT2D eigenvalue weighted by Gasteiger charge is -2.15. The number of carbonyl (C=O) groups is 2. The molecule has 156 valence electrons. The SMILES string of the molecule is CCn1c(SCC(=O)Nc2ccccc2)nnc1[C@@H](C)NC(=O)c1ccccc1Cl. The van der Waals surface area contributed by atoms with Crippen LogP contribution in [0.1, 0.15) is 36.1 Å². The number of nitrogens with one attached hydrogen (secondary N) is 2. The van der Waals surface area contributed by atoms with Crippen molar-refractivity contribution >= 4 is 40.9 Å². The van der Waals surface area contributed by atoms with Gasteiger partial charge in [0.2, 0.25) is 5.91 Å². The van der Waals surface area contributed by atoms with Gasteiger partial charge in [-0.1, -0.05) is 53.7 Å². The van der Waals surface area contributed by atoms with Crippen molar-refractivity contribution in [1.29, 1.82) is 0 Å². The fraction of sp³-hybridized carbons (Fsp3) is 0.238. The van der Waals surface area contributed by atoms with E-state index in [0.717, 1.165) is 5.69 Å². The summed E-state index contributed by atoms with van der Waals surface area (Å²) in [6.07, 6.45) is 0. The van der Waals surface area contributed by atoms with Crippen LogP contribution >= 0.6 is 23.4 Å². The number of nitrogens with zero attached hydrogens (tertiary/aromatic N) is 3. The van der Waals surface area contributed by atoms with Crippen molar-refractivity contribution in [2.24, 2.45) is 0 Å². The predicted octanol–water partition coefficient (Wildman–Crippen LogP) is 4.17. The average molecular weight is 444 g/mol. The number of thioether (sulfide) groups is 1. The smallest absolute Gasteiger partial charge is 0.253 e. The second-order valence-corrected chi connectivity index (χ2v) is 7.81. The fourth-order valence-electron chi connectivity index (χ4n) is 2.86. The number of aromatic nitrogens is 3. The van der Waals surface area contributed by atoms with E-state index in [4.69, 9.17) is 11.6 Å². The van der Waals surface area contributed by atoms with Crippen LogP contribution in [0.4, 0.5) is 5.69 Å². The van der Waals surface area contributed by atoms with Gasteiger partial charge >= 0.3 is 0 Å². The van der Waals surface area contributed by atoms with E-state index in [9.17, 15) is 9.59 Å². The van der Waals surface area contributed by atoms with Crippen LogP contribution in [0.25, 0.3) is 0 Å². The topological polar surface area (TPSA) is 88.9 Å². The van der Waals surface area contributed by atoms with Gasteiger partial charge in [0.1, 0.15) is 0 Å². The molecule has 30 heavy (non-hydrogen) atoms. The lowest BCUT2D eigenvalue weighted by Crippen LogP contribution is -2.29. The van der Waals surface area contributed by atoms with Gasteiger partial charge in [-0.15, -0.1) is 10.2 Å². The van der Waals surface area contributed by atoms with Crippen LogP contribution in [0.15, 0.2) is 59.8 Å². The van der Waals surface area contributed by atoms with Crippen molar-refractivity contribution in [3.63, 3.8) is 0 Å². The molecular weight excluding hydrogens is 422 g/mol. The molecule has 0 bridgehead atoms. The van der Waals surface area contributed by atoms with Crippen LogP contribution in [0.5, 0.6) is 0 Å². The first-order chi connectivity index (χ1) is 14.5. The number of hydrogen-bond acceptors (Lipinski definition) is 5. The summed E-state index contributed by atoms with van der Waals surface area (Å²) in [5.41, 5.74) is 1.15. The van der Waals surface area contributed by atoms with Crippen LogP contribution in [0.2, 0.25) is 5.02 Å². The van der Waals surface area contributed by atoms with E-state index in [1.54, 1.807) is 24.3 Å². The maximum absolute atomic E-state index is 12.5. The average Bonchev–Trinajstić information content (AvgIpc) is 3.16. The molecule has 1 atom stereocenters. The summed E-state index contributed by atoms with van der Waals surface area (Å²) >= 11 is 7.40. The van der Waals surface area contributed by atoms with Crippen molar-refractivity contribution in [3.05, 3.63) is 71.0 Å². The first-order valence-corrected chi connectivity index (χ1v) is 10.8. The highest BCUT2D eigenvalue weighted by Crippen LogP contribution is 2.22. The maximum Gasteiger partial charge on any atom is 0.253 e. The van der Waals surface area contributed by atoms with Crippen LogP contribution in [0.3, 0.4) is 0 Å². The van der Waals surface area contributed by atoms with Crippen molar-refractivity contribution in [1.82, 2.24) is 20.1 Å². The van der Waals surface area contributed by atoms with E-state index in [2.05, 4.69) is 20.8 Å². The standard InChI is InChI=1S/C21H22ClN5O2S/c1-3-27-19(14(2)23-20(29)16-11-7-8-12-17(16)22)25-26-21(27)30-13-18(28)24-15-9-5-4-6-10-15/h4-12,14H,3,13H2,1-2H3,(H,23,29)(H,24,28)/t14-/m1/s1. The van der Waals surface area contributed by atoms with Gasteiger partial charge < -0.3 is 15.2 Å². The molecule has 1 aromatic heterocycles. The molecule has 0 aliphatic heterocycles. The van der Waals surface area contributed by atoms with Crippen LogP contribution in [-0.2, 0) is 11.3 Å². The van der Waals surface area contributed by atoms with Gasteiger partial charge in [-0.25, -0.2) is 0 Å². The zero-order valence-electron chi connectivity index (χ0n) is 16.6. The molecular formula is C21H22ClN5O2S. The number of hydrogen-bond donors (Lipinski definition) is 2. The van der Waals surface area contributed by atoms with Gasteiger partial charge in [-0.05, 0) is 38.1 Å². The molecule has 2 amide bonds. The number of amides is 2. The van der Waals surface area contributed by atoms with Crippen molar-refractivity contribution < 1.29 is 9.59 Å². The third kappa shape index (κ3) is 5.40. The number of rotatable bonds is 8.